The highest BCUT2D eigenvalue weighted by Gasteiger charge is 2.26. The quantitative estimate of drug-likeness (QED) is 0.848. The second kappa shape index (κ2) is 7.60. The van der Waals surface area contributed by atoms with Gasteiger partial charge >= 0.3 is 0 Å². The fourth-order valence-corrected chi connectivity index (χ4v) is 3.42. The van der Waals surface area contributed by atoms with Crippen molar-refractivity contribution in [1.82, 2.24) is 19.7 Å². The zero-order chi connectivity index (χ0) is 16.9. The predicted molar refractivity (Wildman–Crippen MR) is 93.8 cm³/mol. The molecule has 0 bridgehead atoms. The number of likely N-dealkylation sites (tertiary alicyclic amines) is 1. The Kier molecular flexibility index (Phi) is 5.28. The number of carbonyl (C=O) groups excluding carboxylic acids is 1. The van der Waals surface area contributed by atoms with Gasteiger partial charge in [-0.3, -0.25) is 14.5 Å². The minimum Gasteiger partial charge on any atom is -0.337 e. The molecular weight excluding hydrogens is 300 g/mol. The first-order valence-electron chi connectivity index (χ1n) is 8.91. The third-order valence-electron chi connectivity index (χ3n) is 4.56. The van der Waals surface area contributed by atoms with Crippen molar-refractivity contribution < 1.29 is 4.79 Å². The molecule has 1 saturated heterocycles. The molecule has 1 amide bonds. The Morgan fingerprint density at radius 2 is 2.21 bits per heavy atom. The molecule has 5 nitrogen and oxygen atoms in total. The van der Waals surface area contributed by atoms with Crippen LogP contribution in [0.15, 0.2) is 30.5 Å². The van der Waals surface area contributed by atoms with Gasteiger partial charge < -0.3 is 4.90 Å². The summed E-state index contributed by atoms with van der Waals surface area (Å²) in [4.78, 5) is 19.3. The van der Waals surface area contributed by atoms with E-state index in [9.17, 15) is 4.79 Å². The summed E-state index contributed by atoms with van der Waals surface area (Å²) in [6.07, 6.45) is 6.07. The van der Waals surface area contributed by atoms with Gasteiger partial charge in [0.15, 0.2) is 0 Å². The summed E-state index contributed by atoms with van der Waals surface area (Å²) in [5.41, 5.74) is 2.75. The van der Waals surface area contributed by atoms with Crippen LogP contribution >= 0.6 is 0 Å². The maximum absolute atomic E-state index is 12.7. The molecule has 5 heteroatoms. The summed E-state index contributed by atoms with van der Waals surface area (Å²) in [5.74, 6) is 0.543. The average Bonchev–Trinajstić information content (AvgIpc) is 3.03. The van der Waals surface area contributed by atoms with E-state index in [1.807, 2.05) is 34.8 Å². The second-order valence-corrected chi connectivity index (χ2v) is 6.70. The summed E-state index contributed by atoms with van der Waals surface area (Å²) in [5, 5.41) is 4.41. The zero-order valence-electron chi connectivity index (χ0n) is 14.6. The van der Waals surface area contributed by atoms with Gasteiger partial charge in [-0.1, -0.05) is 13.0 Å². The molecule has 24 heavy (non-hydrogen) atoms. The summed E-state index contributed by atoms with van der Waals surface area (Å²) < 4.78 is 1.85. The first-order chi connectivity index (χ1) is 11.7. The molecule has 3 heterocycles. The average molecular weight is 326 g/mol. The Morgan fingerprint density at radius 1 is 1.33 bits per heavy atom. The van der Waals surface area contributed by atoms with Gasteiger partial charge in [0.25, 0.3) is 5.91 Å². The third-order valence-corrected chi connectivity index (χ3v) is 4.56. The van der Waals surface area contributed by atoms with Crippen LogP contribution < -0.4 is 0 Å². The van der Waals surface area contributed by atoms with E-state index < -0.39 is 0 Å². The maximum Gasteiger partial charge on any atom is 0.274 e. The number of pyridine rings is 1. The fourth-order valence-electron chi connectivity index (χ4n) is 3.42. The molecule has 0 aromatic carbocycles. The largest absolute Gasteiger partial charge is 0.337 e. The highest BCUT2D eigenvalue weighted by Crippen LogP contribution is 2.21. The van der Waals surface area contributed by atoms with E-state index in [0.717, 1.165) is 56.7 Å². The minimum absolute atomic E-state index is 0.0618. The van der Waals surface area contributed by atoms with Crippen molar-refractivity contribution in [3.8, 4) is 0 Å². The van der Waals surface area contributed by atoms with Crippen molar-refractivity contribution in [1.29, 1.82) is 0 Å². The Labute approximate surface area is 143 Å². The number of piperidine rings is 1. The van der Waals surface area contributed by atoms with E-state index in [0.29, 0.717) is 11.6 Å². The number of carbonyl (C=O) groups is 1. The van der Waals surface area contributed by atoms with Crippen molar-refractivity contribution in [2.24, 2.45) is 5.92 Å². The zero-order valence-corrected chi connectivity index (χ0v) is 14.6. The highest BCUT2D eigenvalue weighted by atomic mass is 16.2. The lowest BCUT2D eigenvalue weighted by Gasteiger charge is -2.32. The van der Waals surface area contributed by atoms with Crippen LogP contribution in [0.4, 0.5) is 0 Å². The molecule has 128 valence electrons. The highest BCUT2D eigenvalue weighted by molar-refractivity contribution is 5.92. The van der Waals surface area contributed by atoms with Gasteiger partial charge in [-0.15, -0.1) is 0 Å². The summed E-state index contributed by atoms with van der Waals surface area (Å²) in [6.45, 7) is 6.62. The lowest BCUT2D eigenvalue weighted by Crippen LogP contribution is -2.40. The van der Waals surface area contributed by atoms with Crippen molar-refractivity contribution >= 4 is 5.91 Å². The molecule has 0 radical (unpaired) electrons. The van der Waals surface area contributed by atoms with Gasteiger partial charge in [0.05, 0.1) is 0 Å². The molecule has 0 aliphatic carbocycles. The van der Waals surface area contributed by atoms with Gasteiger partial charge in [-0.25, -0.2) is 0 Å². The standard InChI is InChI=1S/C19H26N4O/c1-3-10-23-12-9-18(21-23)19(24)22-11-5-7-16(14-22)13-17-8-4-6-15(2)20-17/h4,6,8-9,12,16H,3,5,7,10-11,13-14H2,1-2H3. The first kappa shape index (κ1) is 16.7. The SMILES string of the molecule is CCCn1ccc(C(=O)N2CCCC(Cc3cccc(C)n3)C2)n1. The lowest BCUT2D eigenvalue weighted by molar-refractivity contribution is 0.0665. The molecule has 0 saturated carbocycles. The van der Waals surface area contributed by atoms with Crippen LogP contribution in [0.25, 0.3) is 0 Å². The molecule has 1 aliphatic rings. The van der Waals surface area contributed by atoms with E-state index in [-0.39, 0.29) is 5.91 Å². The molecule has 1 fully saturated rings. The molecule has 1 unspecified atom stereocenters. The normalized spacial score (nSPS) is 17.9. The summed E-state index contributed by atoms with van der Waals surface area (Å²) in [7, 11) is 0. The fraction of sp³-hybridized carbons (Fsp3) is 0.526. The van der Waals surface area contributed by atoms with Crippen LogP contribution in [-0.4, -0.2) is 38.7 Å². The van der Waals surface area contributed by atoms with Gasteiger partial charge in [0.1, 0.15) is 5.69 Å². The van der Waals surface area contributed by atoms with E-state index in [2.05, 4.69) is 29.1 Å². The number of hydrogen-bond acceptors (Lipinski definition) is 3. The minimum atomic E-state index is 0.0618. The number of nitrogens with zero attached hydrogens (tertiary/aromatic N) is 4. The van der Waals surface area contributed by atoms with Gasteiger partial charge in [0, 0.05) is 37.2 Å². The van der Waals surface area contributed by atoms with Crippen LogP contribution in [0.3, 0.4) is 0 Å². The van der Waals surface area contributed by atoms with Crippen molar-refractivity contribution in [3.63, 3.8) is 0 Å². The molecule has 1 aliphatic heterocycles. The van der Waals surface area contributed by atoms with Crippen LogP contribution in [-0.2, 0) is 13.0 Å². The number of rotatable bonds is 5. The summed E-state index contributed by atoms with van der Waals surface area (Å²) >= 11 is 0. The van der Waals surface area contributed by atoms with Crippen molar-refractivity contribution in [3.05, 3.63) is 47.5 Å². The third kappa shape index (κ3) is 4.02. The molecule has 1 atom stereocenters. The van der Waals surface area contributed by atoms with Crippen molar-refractivity contribution in [2.75, 3.05) is 13.1 Å². The number of amides is 1. The second-order valence-electron chi connectivity index (χ2n) is 6.70. The molecule has 0 spiro atoms. The number of aromatic nitrogens is 3. The molecular formula is C19H26N4O. The number of hydrogen-bond donors (Lipinski definition) is 0. The molecule has 3 rings (SSSR count). The van der Waals surface area contributed by atoms with Gasteiger partial charge in [-0.2, -0.15) is 5.10 Å². The summed E-state index contributed by atoms with van der Waals surface area (Å²) in [6, 6.07) is 8.00. The van der Waals surface area contributed by atoms with E-state index in [4.69, 9.17) is 0 Å². The van der Waals surface area contributed by atoms with Gasteiger partial charge in [-0.05, 0) is 56.7 Å². The van der Waals surface area contributed by atoms with Gasteiger partial charge in [0.2, 0.25) is 0 Å². The Bertz CT molecular complexity index is 694. The smallest absolute Gasteiger partial charge is 0.274 e. The predicted octanol–water partition coefficient (Wildman–Crippen LogP) is 3.09. The Morgan fingerprint density at radius 3 is 3.00 bits per heavy atom. The lowest BCUT2D eigenvalue weighted by atomic mass is 9.93. The monoisotopic (exact) mass is 326 g/mol. The van der Waals surface area contributed by atoms with E-state index in [1.165, 1.54) is 0 Å². The van der Waals surface area contributed by atoms with Crippen LogP contribution in [0.2, 0.25) is 0 Å². The number of aryl methyl sites for hydroxylation is 2. The first-order valence-corrected chi connectivity index (χ1v) is 8.91. The molecule has 2 aromatic heterocycles. The van der Waals surface area contributed by atoms with E-state index in [1.54, 1.807) is 0 Å². The topological polar surface area (TPSA) is 51.0 Å². The maximum atomic E-state index is 12.7. The van der Waals surface area contributed by atoms with Crippen molar-refractivity contribution in [2.45, 2.75) is 46.1 Å². The van der Waals surface area contributed by atoms with Crippen LogP contribution in [0.5, 0.6) is 0 Å². The Hall–Kier alpha value is -2.17. The van der Waals surface area contributed by atoms with E-state index >= 15 is 0 Å². The molecule has 0 N–H and O–H groups in total. The van der Waals surface area contributed by atoms with Crippen LogP contribution in [0, 0.1) is 12.8 Å². The Balaban J connectivity index is 1.63. The molecule has 2 aromatic rings. The van der Waals surface area contributed by atoms with Crippen LogP contribution in [0.1, 0.15) is 48.1 Å².